The van der Waals surface area contributed by atoms with Crippen molar-refractivity contribution in [2.24, 2.45) is 0 Å². The Labute approximate surface area is 102 Å². The SMILES string of the molecule is Fc1cccc(CNc2cnn(CC(F)F)c2)c1. The molecule has 96 valence electrons. The topological polar surface area (TPSA) is 29.9 Å². The molecule has 0 fully saturated rings. The smallest absolute Gasteiger partial charge is 0.257 e. The Morgan fingerprint density at radius 1 is 1.33 bits per heavy atom. The molecule has 0 bridgehead atoms. The van der Waals surface area contributed by atoms with E-state index in [0.29, 0.717) is 12.2 Å². The molecule has 0 aliphatic carbocycles. The standard InChI is InChI=1S/C12H12F3N3/c13-10-3-1-2-9(4-10)5-16-11-6-17-18(7-11)8-12(14)15/h1-4,6-7,12,16H,5,8H2. The van der Waals surface area contributed by atoms with E-state index in [2.05, 4.69) is 10.4 Å². The summed E-state index contributed by atoms with van der Waals surface area (Å²) in [4.78, 5) is 0. The minimum atomic E-state index is -2.43. The number of aromatic nitrogens is 2. The molecule has 0 radical (unpaired) electrons. The molecule has 0 saturated heterocycles. The molecule has 0 unspecified atom stereocenters. The summed E-state index contributed by atoms with van der Waals surface area (Å²) in [5.41, 5.74) is 1.40. The third kappa shape index (κ3) is 3.51. The quantitative estimate of drug-likeness (QED) is 0.890. The van der Waals surface area contributed by atoms with E-state index in [1.165, 1.54) is 29.2 Å². The molecule has 1 N–H and O–H groups in total. The molecule has 18 heavy (non-hydrogen) atoms. The minimum Gasteiger partial charge on any atom is -0.378 e. The largest absolute Gasteiger partial charge is 0.378 e. The molecule has 2 aromatic rings. The third-order valence-corrected chi connectivity index (χ3v) is 2.34. The van der Waals surface area contributed by atoms with Crippen molar-refractivity contribution in [3.05, 3.63) is 48.0 Å². The first-order valence-electron chi connectivity index (χ1n) is 5.42. The van der Waals surface area contributed by atoms with E-state index in [4.69, 9.17) is 0 Å². The van der Waals surface area contributed by atoms with Gasteiger partial charge in [-0.1, -0.05) is 12.1 Å². The fourth-order valence-electron chi connectivity index (χ4n) is 1.55. The molecule has 1 aromatic carbocycles. The summed E-state index contributed by atoms with van der Waals surface area (Å²) >= 11 is 0. The van der Waals surface area contributed by atoms with Crippen molar-refractivity contribution in [3.8, 4) is 0 Å². The van der Waals surface area contributed by atoms with Gasteiger partial charge in [0.2, 0.25) is 0 Å². The maximum atomic E-state index is 12.9. The summed E-state index contributed by atoms with van der Waals surface area (Å²) in [6.45, 7) is -0.0141. The van der Waals surface area contributed by atoms with E-state index in [0.717, 1.165) is 5.56 Å². The van der Waals surface area contributed by atoms with Crippen LogP contribution in [-0.2, 0) is 13.1 Å². The van der Waals surface area contributed by atoms with Crippen molar-refractivity contribution >= 4 is 5.69 Å². The molecule has 6 heteroatoms. The van der Waals surface area contributed by atoms with Crippen LogP contribution >= 0.6 is 0 Å². The van der Waals surface area contributed by atoms with Gasteiger partial charge < -0.3 is 5.32 Å². The average Bonchev–Trinajstić information content (AvgIpc) is 2.73. The average molecular weight is 255 g/mol. The van der Waals surface area contributed by atoms with Gasteiger partial charge in [0.1, 0.15) is 12.4 Å². The number of nitrogens with zero attached hydrogens (tertiary/aromatic N) is 2. The van der Waals surface area contributed by atoms with Gasteiger partial charge in [-0.15, -0.1) is 0 Å². The van der Waals surface area contributed by atoms with Gasteiger partial charge >= 0.3 is 0 Å². The monoisotopic (exact) mass is 255 g/mol. The predicted molar refractivity (Wildman–Crippen MR) is 62.0 cm³/mol. The number of rotatable bonds is 5. The summed E-state index contributed by atoms with van der Waals surface area (Å²) in [5.74, 6) is -0.303. The van der Waals surface area contributed by atoms with Gasteiger partial charge in [0.05, 0.1) is 11.9 Å². The van der Waals surface area contributed by atoms with Crippen LogP contribution in [0.4, 0.5) is 18.9 Å². The van der Waals surface area contributed by atoms with E-state index in [9.17, 15) is 13.2 Å². The van der Waals surface area contributed by atoms with Crippen molar-refractivity contribution in [3.63, 3.8) is 0 Å². The van der Waals surface area contributed by atoms with Crippen LogP contribution in [0.1, 0.15) is 5.56 Å². The second kappa shape index (κ2) is 5.57. The van der Waals surface area contributed by atoms with Crippen LogP contribution in [0.15, 0.2) is 36.7 Å². The lowest BCUT2D eigenvalue weighted by atomic mass is 10.2. The van der Waals surface area contributed by atoms with Crippen molar-refractivity contribution in [2.75, 3.05) is 5.32 Å². The van der Waals surface area contributed by atoms with Gasteiger partial charge in [-0.05, 0) is 17.7 Å². The van der Waals surface area contributed by atoms with Gasteiger partial charge in [0.25, 0.3) is 6.43 Å². The second-order valence-electron chi connectivity index (χ2n) is 3.83. The number of alkyl halides is 2. The molecule has 1 aromatic heterocycles. The Kier molecular flexibility index (Phi) is 3.86. The summed E-state index contributed by atoms with van der Waals surface area (Å²) < 4.78 is 38.3. The molecule has 0 saturated carbocycles. The molecule has 0 amide bonds. The van der Waals surface area contributed by atoms with Gasteiger partial charge in [0.15, 0.2) is 0 Å². The van der Waals surface area contributed by atoms with Crippen molar-refractivity contribution < 1.29 is 13.2 Å². The van der Waals surface area contributed by atoms with E-state index in [1.54, 1.807) is 12.1 Å². The maximum absolute atomic E-state index is 12.9. The van der Waals surface area contributed by atoms with E-state index in [1.807, 2.05) is 0 Å². The first kappa shape index (κ1) is 12.5. The highest BCUT2D eigenvalue weighted by Gasteiger charge is 2.05. The zero-order valence-corrected chi connectivity index (χ0v) is 9.48. The lowest BCUT2D eigenvalue weighted by Crippen LogP contribution is -2.06. The highest BCUT2D eigenvalue weighted by Crippen LogP contribution is 2.10. The number of hydrogen-bond acceptors (Lipinski definition) is 2. The molecule has 0 aliphatic rings. The Balaban J connectivity index is 1.92. The van der Waals surface area contributed by atoms with Crippen molar-refractivity contribution in [2.45, 2.75) is 19.5 Å². The van der Waals surface area contributed by atoms with Crippen molar-refractivity contribution in [1.29, 1.82) is 0 Å². The third-order valence-electron chi connectivity index (χ3n) is 2.34. The molecule has 3 nitrogen and oxygen atoms in total. The van der Waals surface area contributed by atoms with Gasteiger partial charge in [-0.25, -0.2) is 13.2 Å². The van der Waals surface area contributed by atoms with E-state index in [-0.39, 0.29) is 5.82 Å². The Morgan fingerprint density at radius 3 is 2.89 bits per heavy atom. The van der Waals surface area contributed by atoms with Crippen LogP contribution in [0, 0.1) is 5.82 Å². The van der Waals surface area contributed by atoms with Crippen LogP contribution in [0.2, 0.25) is 0 Å². The lowest BCUT2D eigenvalue weighted by Gasteiger charge is -2.03. The summed E-state index contributed by atoms with van der Waals surface area (Å²) in [6, 6.07) is 6.17. The zero-order chi connectivity index (χ0) is 13.0. The number of halogens is 3. The minimum absolute atomic E-state index is 0.303. The number of anilines is 1. The summed E-state index contributed by atoms with van der Waals surface area (Å²) in [6.07, 6.45) is 0.522. The Hall–Kier alpha value is -1.98. The van der Waals surface area contributed by atoms with E-state index >= 15 is 0 Å². The maximum Gasteiger partial charge on any atom is 0.257 e. The number of benzene rings is 1. The van der Waals surface area contributed by atoms with Crippen LogP contribution in [-0.4, -0.2) is 16.2 Å². The van der Waals surface area contributed by atoms with E-state index < -0.39 is 13.0 Å². The number of hydrogen-bond donors (Lipinski definition) is 1. The Bertz CT molecular complexity index is 511. The molecule has 0 spiro atoms. The summed E-state index contributed by atoms with van der Waals surface area (Å²) in [7, 11) is 0. The van der Waals surface area contributed by atoms with Crippen LogP contribution in [0.5, 0.6) is 0 Å². The zero-order valence-electron chi connectivity index (χ0n) is 9.48. The summed E-state index contributed by atoms with van der Waals surface area (Å²) in [5, 5.41) is 6.77. The van der Waals surface area contributed by atoms with Crippen LogP contribution in [0.25, 0.3) is 0 Å². The molecule has 0 atom stereocenters. The lowest BCUT2D eigenvalue weighted by molar-refractivity contribution is 0.122. The van der Waals surface area contributed by atoms with Crippen LogP contribution < -0.4 is 5.32 Å². The number of nitrogens with one attached hydrogen (secondary N) is 1. The highest BCUT2D eigenvalue weighted by atomic mass is 19.3. The first-order valence-corrected chi connectivity index (χ1v) is 5.42. The van der Waals surface area contributed by atoms with Crippen LogP contribution in [0.3, 0.4) is 0 Å². The van der Waals surface area contributed by atoms with Gasteiger partial charge in [-0.3, -0.25) is 4.68 Å². The molecule has 1 heterocycles. The van der Waals surface area contributed by atoms with Crippen molar-refractivity contribution in [1.82, 2.24) is 9.78 Å². The molecular formula is C12H12F3N3. The molecule has 2 rings (SSSR count). The molecular weight excluding hydrogens is 243 g/mol. The highest BCUT2D eigenvalue weighted by molar-refractivity contribution is 5.39. The van der Waals surface area contributed by atoms with Gasteiger partial charge in [0, 0.05) is 12.7 Å². The van der Waals surface area contributed by atoms with Gasteiger partial charge in [-0.2, -0.15) is 5.10 Å². The predicted octanol–water partition coefficient (Wildman–Crippen LogP) is 2.90. The first-order chi connectivity index (χ1) is 8.63. The molecule has 0 aliphatic heterocycles. The second-order valence-corrected chi connectivity index (χ2v) is 3.83. The fourth-order valence-corrected chi connectivity index (χ4v) is 1.55. The normalized spacial score (nSPS) is 10.9. The fraction of sp³-hybridized carbons (Fsp3) is 0.250. The Morgan fingerprint density at radius 2 is 2.17 bits per heavy atom.